The van der Waals surface area contributed by atoms with Crippen LogP contribution in [0.15, 0.2) is 24.3 Å². The quantitative estimate of drug-likeness (QED) is 0.771. The summed E-state index contributed by atoms with van der Waals surface area (Å²) >= 11 is 0. The van der Waals surface area contributed by atoms with Crippen molar-refractivity contribution in [1.29, 1.82) is 0 Å². The van der Waals surface area contributed by atoms with Gasteiger partial charge in [-0.1, -0.05) is 37.8 Å². The normalized spacial score (nSPS) is 36.3. The van der Waals surface area contributed by atoms with E-state index in [1.165, 1.54) is 32.1 Å². The molecule has 4 saturated carbocycles. The zero-order valence-corrected chi connectivity index (χ0v) is 13.9. The number of carbonyl (C=O) groups is 1. The fraction of sp³-hybridized carbons (Fsp3) is 0.571. The van der Waals surface area contributed by atoms with Crippen molar-refractivity contribution in [2.24, 2.45) is 28.6 Å². The van der Waals surface area contributed by atoms with Gasteiger partial charge in [-0.15, -0.1) is 0 Å². The summed E-state index contributed by atoms with van der Waals surface area (Å²) < 4.78 is 0. The van der Waals surface area contributed by atoms with Crippen LogP contribution >= 0.6 is 0 Å². The Morgan fingerprint density at radius 3 is 2.43 bits per heavy atom. The molecule has 0 amide bonds. The minimum absolute atomic E-state index is 0.0768. The second-order valence-electron chi connectivity index (χ2n) is 8.45. The van der Waals surface area contributed by atoms with Gasteiger partial charge < -0.3 is 5.11 Å². The SMILES string of the molecule is CC1(C)C2CC3CC(C2)CC1(C#Cc1ccccc1C(=O)O)C3. The molecule has 4 bridgehead atoms. The van der Waals surface area contributed by atoms with Gasteiger partial charge in [0.2, 0.25) is 0 Å². The highest BCUT2D eigenvalue weighted by atomic mass is 16.4. The van der Waals surface area contributed by atoms with Crippen molar-refractivity contribution in [2.75, 3.05) is 0 Å². The Balaban J connectivity index is 1.76. The number of hydrogen-bond donors (Lipinski definition) is 1. The van der Waals surface area contributed by atoms with Crippen LogP contribution in [0.25, 0.3) is 0 Å². The average Bonchev–Trinajstić information content (AvgIpc) is 2.50. The predicted molar refractivity (Wildman–Crippen MR) is 90.0 cm³/mol. The first-order chi connectivity index (χ1) is 10.9. The Kier molecular flexibility index (Phi) is 3.14. The van der Waals surface area contributed by atoms with Crippen LogP contribution in [0.3, 0.4) is 0 Å². The number of carboxylic acid groups (broad SMARTS) is 1. The minimum Gasteiger partial charge on any atom is -0.478 e. The van der Waals surface area contributed by atoms with E-state index in [1.54, 1.807) is 12.1 Å². The van der Waals surface area contributed by atoms with Crippen LogP contribution in [0.4, 0.5) is 0 Å². The van der Waals surface area contributed by atoms with Crippen molar-refractivity contribution in [2.45, 2.75) is 46.0 Å². The molecule has 4 fully saturated rings. The molecule has 0 aliphatic heterocycles. The Hall–Kier alpha value is -1.75. The summed E-state index contributed by atoms with van der Waals surface area (Å²) in [5.74, 6) is 8.47. The highest BCUT2D eigenvalue weighted by Gasteiger charge is 2.60. The zero-order valence-electron chi connectivity index (χ0n) is 13.9. The first-order valence-electron chi connectivity index (χ1n) is 8.77. The molecule has 0 heterocycles. The summed E-state index contributed by atoms with van der Waals surface area (Å²) in [5.41, 5.74) is 1.30. The third-order valence-electron chi connectivity index (χ3n) is 7.02. The van der Waals surface area contributed by atoms with Crippen molar-refractivity contribution >= 4 is 5.97 Å². The van der Waals surface area contributed by atoms with Gasteiger partial charge in [-0.2, -0.15) is 0 Å². The van der Waals surface area contributed by atoms with Gasteiger partial charge in [0.25, 0.3) is 0 Å². The van der Waals surface area contributed by atoms with Crippen molar-refractivity contribution in [3.05, 3.63) is 35.4 Å². The first kappa shape index (κ1) is 14.8. The molecule has 2 atom stereocenters. The maximum atomic E-state index is 11.4. The van der Waals surface area contributed by atoms with Gasteiger partial charge in [0, 0.05) is 11.0 Å². The van der Waals surface area contributed by atoms with Crippen LogP contribution < -0.4 is 0 Å². The van der Waals surface area contributed by atoms with Crippen LogP contribution in [0.1, 0.15) is 61.9 Å². The molecule has 120 valence electrons. The Morgan fingerprint density at radius 2 is 1.78 bits per heavy atom. The predicted octanol–water partition coefficient (Wildman–Crippen LogP) is 4.59. The molecule has 1 aromatic carbocycles. The van der Waals surface area contributed by atoms with Crippen molar-refractivity contribution in [3.63, 3.8) is 0 Å². The lowest BCUT2D eigenvalue weighted by atomic mass is 9.40. The second-order valence-corrected chi connectivity index (χ2v) is 8.45. The molecule has 4 aliphatic carbocycles. The van der Waals surface area contributed by atoms with Gasteiger partial charge in [0.15, 0.2) is 0 Å². The number of rotatable bonds is 1. The zero-order chi connectivity index (χ0) is 16.2. The van der Waals surface area contributed by atoms with Gasteiger partial charge in [-0.05, 0) is 67.4 Å². The van der Waals surface area contributed by atoms with E-state index in [2.05, 4.69) is 25.7 Å². The van der Waals surface area contributed by atoms with E-state index >= 15 is 0 Å². The van der Waals surface area contributed by atoms with Crippen molar-refractivity contribution in [1.82, 2.24) is 0 Å². The van der Waals surface area contributed by atoms with Crippen LogP contribution in [-0.4, -0.2) is 11.1 Å². The molecule has 0 spiro atoms. The standard InChI is InChI=1S/C21H24O2/c1-20(2)17-10-14-9-15(11-17)13-21(20,12-14)8-7-16-5-3-4-6-18(16)19(22)23/h3-6,14-15,17H,9-13H2,1-2H3,(H,22,23). The van der Waals surface area contributed by atoms with E-state index in [0.29, 0.717) is 11.1 Å². The molecule has 0 aromatic heterocycles. The van der Waals surface area contributed by atoms with Crippen LogP contribution in [0, 0.1) is 40.4 Å². The van der Waals surface area contributed by atoms with Gasteiger partial charge in [-0.25, -0.2) is 4.79 Å². The number of aromatic carboxylic acids is 1. The Labute approximate surface area is 138 Å². The summed E-state index contributed by atoms with van der Waals surface area (Å²) in [4.78, 5) is 11.4. The van der Waals surface area contributed by atoms with Gasteiger partial charge in [0.1, 0.15) is 0 Å². The van der Waals surface area contributed by atoms with Crippen molar-refractivity contribution < 1.29 is 9.90 Å². The van der Waals surface area contributed by atoms with Crippen LogP contribution in [0.2, 0.25) is 0 Å². The monoisotopic (exact) mass is 308 g/mol. The topological polar surface area (TPSA) is 37.3 Å². The van der Waals surface area contributed by atoms with E-state index in [4.69, 9.17) is 0 Å². The highest BCUT2D eigenvalue weighted by molar-refractivity contribution is 5.90. The molecule has 5 rings (SSSR count). The number of hydrogen-bond acceptors (Lipinski definition) is 1. The first-order valence-corrected chi connectivity index (χ1v) is 8.77. The maximum absolute atomic E-state index is 11.4. The molecule has 2 heteroatoms. The third kappa shape index (κ3) is 2.13. The number of carboxylic acids is 1. The Morgan fingerprint density at radius 1 is 1.13 bits per heavy atom. The largest absolute Gasteiger partial charge is 0.478 e. The van der Waals surface area contributed by atoms with E-state index in [9.17, 15) is 9.90 Å². The minimum atomic E-state index is -0.889. The molecular weight excluding hydrogens is 284 g/mol. The van der Waals surface area contributed by atoms with Gasteiger partial charge in [-0.3, -0.25) is 0 Å². The molecule has 0 radical (unpaired) electrons. The summed E-state index contributed by atoms with van der Waals surface area (Å²) in [5, 5.41) is 9.36. The molecule has 0 saturated heterocycles. The van der Waals surface area contributed by atoms with Gasteiger partial charge >= 0.3 is 5.97 Å². The Bertz CT molecular complexity index is 705. The van der Waals surface area contributed by atoms with Crippen molar-refractivity contribution in [3.8, 4) is 11.8 Å². The molecule has 1 aromatic rings. The fourth-order valence-electron chi connectivity index (χ4n) is 5.70. The summed E-state index contributed by atoms with van der Waals surface area (Å²) in [7, 11) is 0. The van der Waals surface area contributed by atoms with E-state index < -0.39 is 5.97 Å². The summed E-state index contributed by atoms with van der Waals surface area (Å²) in [6.45, 7) is 4.79. The molecule has 2 nitrogen and oxygen atoms in total. The second kappa shape index (κ2) is 4.87. The smallest absolute Gasteiger partial charge is 0.336 e. The van der Waals surface area contributed by atoms with E-state index in [0.717, 1.165) is 17.8 Å². The maximum Gasteiger partial charge on any atom is 0.336 e. The lowest BCUT2D eigenvalue weighted by molar-refractivity contribution is -0.127. The number of benzene rings is 1. The third-order valence-corrected chi connectivity index (χ3v) is 7.02. The van der Waals surface area contributed by atoms with Crippen LogP contribution in [0.5, 0.6) is 0 Å². The van der Waals surface area contributed by atoms with Crippen LogP contribution in [-0.2, 0) is 0 Å². The lowest BCUT2D eigenvalue weighted by Gasteiger charge is -2.64. The summed E-state index contributed by atoms with van der Waals surface area (Å²) in [6, 6.07) is 7.13. The summed E-state index contributed by atoms with van der Waals surface area (Å²) in [6.07, 6.45) is 6.55. The lowest BCUT2D eigenvalue weighted by Crippen LogP contribution is -2.56. The molecule has 2 unspecified atom stereocenters. The molecule has 4 aliphatic rings. The average molecular weight is 308 g/mol. The molecule has 1 N–H and O–H groups in total. The highest BCUT2D eigenvalue weighted by Crippen LogP contribution is 2.68. The molecule has 23 heavy (non-hydrogen) atoms. The molecular formula is C21H24O2. The fourth-order valence-corrected chi connectivity index (χ4v) is 5.70. The van der Waals surface area contributed by atoms with E-state index in [1.807, 2.05) is 12.1 Å². The van der Waals surface area contributed by atoms with Gasteiger partial charge in [0.05, 0.1) is 5.56 Å². The van der Waals surface area contributed by atoms with E-state index in [-0.39, 0.29) is 10.8 Å².